The minimum atomic E-state index is -0.227. The maximum absolute atomic E-state index is 12.9. The van der Waals surface area contributed by atoms with Gasteiger partial charge in [0.25, 0.3) is 5.91 Å². The van der Waals surface area contributed by atoms with Gasteiger partial charge in [-0.1, -0.05) is 18.2 Å². The van der Waals surface area contributed by atoms with E-state index in [1.54, 1.807) is 55.3 Å². The van der Waals surface area contributed by atoms with Crippen LogP contribution in [-0.2, 0) is 11.5 Å². The van der Waals surface area contributed by atoms with Gasteiger partial charge in [0.05, 0.1) is 12.8 Å². The zero-order chi connectivity index (χ0) is 18.4. The normalized spacial score (nSPS) is 10.5. The van der Waals surface area contributed by atoms with Crippen LogP contribution >= 0.6 is 23.1 Å². The number of ether oxygens (including phenoxy) is 1. The predicted octanol–water partition coefficient (Wildman–Crippen LogP) is 4.98. The topological polar surface area (TPSA) is 51.2 Å². The van der Waals surface area contributed by atoms with Crippen molar-refractivity contribution in [2.24, 2.45) is 0 Å². The first-order valence-corrected chi connectivity index (χ1v) is 9.89. The van der Waals surface area contributed by atoms with Crippen LogP contribution in [0.4, 0.5) is 9.52 Å². The smallest absolute Gasteiger partial charge is 0.257 e. The second-order valence-corrected chi connectivity index (χ2v) is 7.29. The molecule has 1 aromatic heterocycles. The van der Waals surface area contributed by atoms with Gasteiger partial charge in [-0.15, -0.1) is 11.3 Å². The predicted molar refractivity (Wildman–Crippen MR) is 104 cm³/mol. The largest absolute Gasteiger partial charge is 0.497 e. The van der Waals surface area contributed by atoms with E-state index in [9.17, 15) is 9.18 Å². The van der Waals surface area contributed by atoms with Crippen molar-refractivity contribution in [2.75, 3.05) is 12.4 Å². The Morgan fingerprint density at radius 1 is 1.23 bits per heavy atom. The third-order valence-electron chi connectivity index (χ3n) is 3.54. The van der Waals surface area contributed by atoms with Crippen LogP contribution in [0.3, 0.4) is 0 Å². The van der Waals surface area contributed by atoms with Gasteiger partial charge >= 0.3 is 0 Å². The standard InChI is InChI=1S/C19H17FN2O2S2/c1-24-17-4-2-3-14(9-17)18(23)22-19-21-16(12-26-19)11-25-10-13-5-7-15(20)8-6-13/h2-9,12H,10-11H2,1H3,(H,21,22,23). The molecule has 1 heterocycles. The van der Waals surface area contributed by atoms with Gasteiger partial charge in [-0.05, 0) is 35.9 Å². The molecule has 3 rings (SSSR count). The Balaban J connectivity index is 1.52. The second-order valence-electron chi connectivity index (χ2n) is 5.45. The van der Waals surface area contributed by atoms with Crippen LogP contribution < -0.4 is 10.1 Å². The van der Waals surface area contributed by atoms with Crippen molar-refractivity contribution in [3.63, 3.8) is 0 Å². The number of carbonyl (C=O) groups excluding carboxylic acids is 1. The van der Waals surface area contributed by atoms with Crippen molar-refractivity contribution in [1.82, 2.24) is 4.98 Å². The van der Waals surface area contributed by atoms with Crippen LogP contribution in [0.5, 0.6) is 5.75 Å². The number of nitrogens with one attached hydrogen (secondary N) is 1. The summed E-state index contributed by atoms with van der Waals surface area (Å²) in [6.07, 6.45) is 0. The van der Waals surface area contributed by atoms with E-state index in [0.717, 1.165) is 22.8 Å². The summed E-state index contributed by atoms with van der Waals surface area (Å²) < 4.78 is 18.0. The number of hydrogen-bond donors (Lipinski definition) is 1. The highest BCUT2D eigenvalue weighted by Crippen LogP contribution is 2.23. The summed E-state index contributed by atoms with van der Waals surface area (Å²) in [6, 6.07) is 13.5. The van der Waals surface area contributed by atoms with Crippen molar-refractivity contribution in [2.45, 2.75) is 11.5 Å². The summed E-state index contributed by atoms with van der Waals surface area (Å²) >= 11 is 3.08. The Hall–Kier alpha value is -2.38. The number of anilines is 1. The number of methoxy groups -OCH3 is 1. The average Bonchev–Trinajstić information content (AvgIpc) is 3.10. The Bertz CT molecular complexity index is 881. The molecule has 0 saturated carbocycles. The molecule has 3 aromatic rings. The molecule has 0 aliphatic rings. The molecule has 1 N–H and O–H groups in total. The number of thioether (sulfide) groups is 1. The van der Waals surface area contributed by atoms with Crippen LogP contribution in [0.2, 0.25) is 0 Å². The maximum atomic E-state index is 12.9. The average molecular weight is 388 g/mol. The zero-order valence-corrected chi connectivity index (χ0v) is 15.7. The first-order chi connectivity index (χ1) is 12.6. The third kappa shape index (κ3) is 5.06. The van der Waals surface area contributed by atoms with Crippen molar-refractivity contribution in [3.8, 4) is 5.75 Å². The number of rotatable bonds is 7. The molecule has 0 saturated heterocycles. The van der Waals surface area contributed by atoms with Crippen LogP contribution in [0.1, 0.15) is 21.6 Å². The summed E-state index contributed by atoms with van der Waals surface area (Å²) in [4.78, 5) is 16.7. The molecule has 2 aromatic carbocycles. The van der Waals surface area contributed by atoms with E-state index >= 15 is 0 Å². The summed E-state index contributed by atoms with van der Waals surface area (Å²) in [5.41, 5.74) is 2.49. The molecular weight excluding hydrogens is 371 g/mol. The van der Waals surface area contributed by atoms with Crippen LogP contribution in [0.15, 0.2) is 53.9 Å². The number of carbonyl (C=O) groups is 1. The van der Waals surface area contributed by atoms with E-state index in [4.69, 9.17) is 4.74 Å². The Morgan fingerprint density at radius 2 is 2.04 bits per heavy atom. The molecule has 4 nitrogen and oxygen atoms in total. The quantitative estimate of drug-likeness (QED) is 0.620. The molecular formula is C19H17FN2O2S2. The molecule has 0 spiro atoms. The summed E-state index contributed by atoms with van der Waals surface area (Å²) in [5.74, 6) is 1.69. The van der Waals surface area contributed by atoms with E-state index in [-0.39, 0.29) is 11.7 Å². The molecule has 0 radical (unpaired) electrons. The third-order valence-corrected chi connectivity index (χ3v) is 5.38. The fourth-order valence-electron chi connectivity index (χ4n) is 2.22. The van der Waals surface area contributed by atoms with Gasteiger partial charge in [0.2, 0.25) is 0 Å². The minimum absolute atomic E-state index is 0.219. The van der Waals surface area contributed by atoms with E-state index in [1.807, 2.05) is 5.38 Å². The highest BCUT2D eigenvalue weighted by atomic mass is 32.2. The molecule has 1 amide bonds. The van der Waals surface area contributed by atoms with Crippen molar-refractivity contribution in [1.29, 1.82) is 0 Å². The second kappa shape index (κ2) is 8.82. The molecule has 0 bridgehead atoms. The van der Waals surface area contributed by atoms with Gasteiger partial charge in [-0.2, -0.15) is 11.8 Å². The monoisotopic (exact) mass is 388 g/mol. The molecule has 0 aliphatic carbocycles. The molecule has 7 heteroatoms. The zero-order valence-electron chi connectivity index (χ0n) is 14.1. The van der Waals surface area contributed by atoms with Crippen molar-refractivity contribution < 1.29 is 13.9 Å². The first-order valence-electron chi connectivity index (χ1n) is 7.86. The lowest BCUT2D eigenvalue weighted by Crippen LogP contribution is -2.11. The molecule has 0 atom stereocenters. The van der Waals surface area contributed by atoms with E-state index in [1.165, 1.54) is 23.5 Å². The molecule has 26 heavy (non-hydrogen) atoms. The van der Waals surface area contributed by atoms with Crippen LogP contribution in [0.25, 0.3) is 0 Å². The van der Waals surface area contributed by atoms with Crippen molar-refractivity contribution in [3.05, 3.63) is 76.5 Å². The summed E-state index contributed by atoms with van der Waals surface area (Å²) in [5, 5.41) is 5.30. The lowest BCUT2D eigenvalue weighted by molar-refractivity contribution is 0.102. The highest BCUT2D eigenvalue weighted by molar-refractivity contribution is 7.97. The number of benzene rings is 2. The summed E-state index contributed by atoms with van der Waals surface area (Å²) in [7, 11) is 1.56. The number of nitrogens with zero attached hydrogens (tertiary/aromatic N) is 1. The number of aromatic nitrogens is 1. The fourth-order valence-corrected chi connectivity index (χ4v) is 3.92. The lowest BCUT2D eigenvalue weighted by Gasteiger charge is -2.04. The lowest BCUT2D eigenvalue weighted by atomic mass is 10.2. The Labute approximate surface area is 159 Å². The molecule has 134 valence electrons. The van der Waals surface area contributed by atoms with Gasteiger partial charge in [-0.3, -0.25) is 10.1 Å². The van der Waals surface area contributed by atoms with E-state index < -0.39 is 0 Å². The molecule has 0 aliphatic heterocycles. The van der Waals surface area contributed by atoms with Crippen LogP contribution in [-0.4, -0.2) is 18.0 Å². The SMILES string of the molecule is COc1cccc(C(=O)Nc2nc(CSCc3ccc(F)cc3)cs2)c1. The molecule has 0 unspecified atom stereocenters. The van der Waals surface area contributed by atoms with Crippen LogP contribution in [0, 0.1) is 5.82 Å². The molecule has 0 fully saturated rings. The first kappa shape index (κ1) is 18.4. The van der Waals surface area contributed by atoms with E-state index in [0.29, 0.717) is 16.4 Å². The van der Waals surface area contributed by atoms with Gasteiger partial charge in [0, 0.05) is 22.4 Å². The van der Waals surface area contributed by atoms with Crippen molar-refractivity contribution >= 4 is 34.1 Å². The number of hydrogen-bond acceptors (Lipinski definition) is 5. The maximum Gasteiger partial charge on any atom is 0.257 e. The van der Waals surface area contributed by atoms with E-state index in [2.05, 4.69) is 10.3 Å². The number of thiazole rings is 1. The number of halogens is 1. The number of amides is 1. The highest BCUT2D eigenvalue weighted by Gasteiger charge is 2.10. The van der Waals surface area contributed by atoms with Gasteiger partial charge in [0.1, 0.15) is 11.6 Å². The van der Waals surface area contributed by atoms with Gasteiger partial charge in [-0.25, -0.2) is 9.37 Å². The van der Waals surface area contributed by atoms with Gasteiger partial charge < -0.3 is 4.74 Å². The minimum Gasteiger partial charge on any atom is -0.497 e. The fraction of sp³-hybridized carbons (Fsp3) is 0.158. The van der Waals surface area contributed by atoms with Gasteiger partial charge in [0.15, 0.2) is 5.13 Å². The summed E-state index contributed by atoms with van der Waals surface area (Å²) in [6.45, 7) is 0. The Kier molecular flexibility index (Phi) is 6.25. The Morgan fingerprint density at radius 3 is 2.81 bits per heavy atom.